The molecule has 0 radical (unpaired) electrons. The highest BCUT2D eigenvalue weighted by Crippen LogP contribution is 2.37. The second kappa shape index (κ2) is 12.4. The van der Waals surface area contributed by atoms with Crippen LogP contribution in [0, 0.1) is 5.92 Å². The lowest BCUT2D eigenvalue weighted by molar-refractivity contribution is 0.0695. The fourth-order valence-electron chi connectivity index (χ4n) is 4.55. The molecule has 6 nitrogen and oxygen atoms in total. The average molecular weight is 464 g/mol. The number of H-pyrrole nitrogens is 1. The molecule has 6 heteroatoms. The molecule has 0 saturated heterocycles. The molecule has 1 aliphatic rings. The van der Waals surface area contributed by atoms with E-state index < -0.39 is 5.97 Å². The molecule has 1 heterocycles. The molecule has 4 rings (SSSR count). The van der Waals surface area contributed by atoms with E-state index >= 15 is 0 Å². The molecule has 1 aromatic heterocycles. The van der Waals surface area contributed by atoms with Gasteiger partial charge in [-0.2, -0.15) is 0 Å². The van der Waals surface area contributed by atoms with E-state index in [-0.39, 0.29) is 5.56 Å². The van der Waals surface area contributed by atoms with Crippen molar-refractivity contribution >= 4 is 28.9 Å². The number of benzene rings is 2. The van der Waals surface area contributed by atoms with E-state index in [0.29, 0.717) is 16.8 Å². The van der Waals surface area contributed by atoms with Crippen LogP contribution in [0.15, 0.2) is 35.6 Å². The molecule has 1 aliphatic carbocycles. The summed E-state index contributed by atoms with van der Waals surface area (Å²) in [6.07, 6.45) is 13.9. The summed E-state index contributed by atoms with van der Waals surface area (Å²) in [4.78, 5) is 23.5. The molecule has 0 aliphatic heterocycles. The first-order valence-electron chi connectivity index (χ1n) is 12.4. The minimum atomic E-state index is -1.06. The van der Waals surface area contributed by atoms with Crippen molar-refractivity contribution in [2.24, 2.45) is 10.9 Å². The lowest BCUT2D eigenvalue weighted by Gasteiger charge is -2.15. The Labute approximate surface area is 202 Å². The number of unbranched alkanes of at least 4 members (excludes halogenated alkanes) is 1. The first-order valence-corrected chi connectivity index (χ1v) is 12.4. The number of ether oxygens (including phenoxy) is 1. The summed E-state index contributed by atoms with van der Waals surface area (Å²) in [7, 11) is 1.47. The van der Waals surface area contributed by atoms with Crippen LogP contribution in [0.2, 0.25) is 0 Å². The van der Waals surface area contributed by atoms with Crippen molar-refractivity contribution in [1.29, 1.82) is 0 Å². The van der Waals surface area contributed by atoms with E-state index in [4.69, 9.17) is 4.74 Å². The summed E-state index contributed by atoms with van der Waals surface area (Å²) in [5.74, 6) is 0.275. The fraction of sp³-hybridized carbons (Fsp3) is 0.464. The predicted molar refractivity (Wildman–Crippen MR) is 140 cm³/mol. The fourth-order valence-corrected chi connectivity index (χ4v) is 4.55. The molecule has 34 heavy (non-hydrogen) atoms. The highest BCUT2D eigenvalue weighted by atomic mass is 16.5. The number of fused-ring (bicyclic) bond motifs is 1. The van der Waals surface area contributed by atoms with Gasteiger partial charge in [-0.25, -0.2) is 9.78 Å². The first-order chi connectivity index (χ1) is 16.5. The minimum Gasteiger partial charge on any atom is -0.496 e. The molecule has 1 saturated carbocycles. The second-order valence-corrected chi connectivity index (χ2v) is 9.01. The van der Waals surface area contributed by atoms with Crippen molar-refractivity contribution in [1.82, 2.24) is 9.97 Å². The number of hydrogen-bond acceptors (Lipinski definition) is 4. The number of carboxylic acids is 1. The second-order valence-electron chi connectivity index (χ2n) is 9.01. The van der Waals surface area contributed by atoms with Gasteiger partial charge in [-0.05, 0) is 48.9 Å². The van der Waals surface area contributed by atoms with Crippen molar-refractivity contribution in [3.63, 3.8) is 0 Å². The summed E-state index contributed by atoms with van der Waals surface area (Å²) in [5.41, 5.74) is 4.99. The number of methoxy groups -OCH3 is 1. The number of carboxylic acid groups (broad SMARTS) is 1. The van der Waals surface area contributed by atoms with Gasteiger partial charge in [0.15, 0.2) is 0 Å². The topological polar surface area (TPSA) is 87.6 Å². The van der Waals surface area contributed by atoms with Gasteiger partial charge in [0.05, 0.1) is 30.2 Å². The highest BCUT2D eigenvalue weighted by molar-refractivity contribution is 6.08. The van der Waals surface area contributed by atoms with Crippen LogP contribution in [-0.2, 0) is 6.42 Å². The van der Waals surface area contributed by atoms with Gasteiger partial charge in [0.1, 0.15) is 11.3 Å². The average Bonchev–Trinajstić information content (AvgIpc) is 3.32. The molecule has 0 atom stereocenters. The molecule has 0 bridgehead atoms. The van der Waals surface area contributed by atoms with Crippen LogP contribution in [0.5, 0.6) is 5.75 Å². The first kappa shape index (κ1) is 25.5. The zero-order chi connectivity index (χ0) is 24.5. The lowest BCUT2D eigenvalue weighted by atomic mass is 9.91. The third-order valence-electron chi connectivity index (χ3n) is 6.46. The summed E-state index contributed by atoms with van der Waals surface area (Å²) >= 11 is 0. The quantitative estimate of drug-likeness (QED) is 0.353. The van der Waals surface area contributed by atoms with Gasteiger partial charge in [-0.3, -0.25) is 4.99 Å². The Balaban J connectivity index is 0.000000396. The third kappa shape index (κ3) is 6.04. The Morgan fingerprint density at radius 3 is 2.62 bits per heavy atom. The Morgan fingerprint density at radius 1 is 1.26 bits per heavy atom. The SMILES string of the molecule is CC1CCCCC1.CC=Nc1cc(-c2cc(OC)c(C(=O)O)c3[nH]cnc23)ccc1CCCC. The predicted octanol–water partition coefficient (Wildman–Crippen LogP) is 7.59. The zero-order valence-corrected chi connectivity index (χ0v) is 20.9. The van der Waals surface area contributed by atoms with Crippen molar-refractivity contribution in [3.8, 4) is 16.9 Å². The van der Waals surface area contributed by atoms with E-state index in [9.17, 15) is 9.90 Å². The van der Waals surface area contributed by atoms with E-state index in [1.165, 1.54) is 51.1 Å². The van der Waals surface area contributed by atoms with Gasteiger partial charge in [-0.15, -0.1) is 0 Å². The van der Waals surface area contributed by atoms with E-state index in [2.05, 4.69) is 34.9 Å². The molecule has 1 fully saturated rings. The number of aromatic nitrogens is 2. The van der Waals surface area contributed by atoms with Gasteiger partial charge in [-0.1, -0.05) is 64.5 Å². The maximum atomic E-state index is 11.7. The number of carbonyl (C=O) groups is 1. The van der Waals surface area contributed by atoms with E-state index in [1.807, 2.05) is 19.1 Å². The molecule has 0 amide bonds. The maximum Gasteiger partial charge on any atom is 0.341 e. The number of hydrogen-bond donors (Lipinski definition) is 2. The summed E-state index contributed by atoms with van der Waals surface area (Å²) in [5, 5.41) is 9.56. The van der Waals surface area contributed by atoms with Crippen LogP contribution in [-0.4, -0.2) is 34.4 Å². The maximum absolute atomic E-state index is 11.7. The molecule has 3 aromatic rings. The highest BCUT2D eigenvalue weighted by Gasteiger charge is 2.21. The van der Waals surface area contributed by atoms with Crippen LogP contribution in [0.4, 0.5) is 5.69 Å². The molecule has 0 unspecified atom stereocenters. The van der Waals surface area contributed by atoms with Crippen molar-refractivity contribution < 1.29 is 14.6 Å². The number of nitrogens with zero attached hydrogens (tertiary/aromatic N) is 2. The Morgan fingerprint density at radius 2 is 2.03 bits per heavy atom. The summed E-state index contributed by atoms with van der Waals surface area (Å²) < 4.78 is 5.34. The Kier molecular flexibility index (Phi) is 9.25. The lowest BCUT2D eigenvalue weighted by Crippen LogP contribution is -2.02. The van der Waals surface area contributed by atoms with E-state index in [1.54, 1.807) is 12.3 Å². The number of imidazole rings is 1. The van der Waals surface area contributed by atoms with Crippen molar-refractivity contribution in [2.45, 2.75) is 72.1 Å². The zero-order valence-electron chi connectivity index (χ0n) is 20.9. The van der Waals surface area contributed by atoms with Gasteiger partial charge >= 0.3 is 5.97 Å². The summed E-state index contributed by atoms with van der Waals surface area (Å²) in [6, 6.07) is 7.87. The largest absolute Gasteiger partial charge is 0.496 e. The standard InChI is InChI=1S/C21H23N3O3.C7H14/c1-4-6-7-13-8-9-14(10-16(13)22-5-2)15-11-17(27-3)18(21(25)26)20-19(15)23-12-24-20;1-7-5-3-2-4-6-7/h5,8-12H,4,6-7H2,1-3H3,(H,23,24)(H,25,26);7H,2-6H2,1H3. The third-order valence-corrected chi connectivity index (χ3v) is 6.46. The van der Waals surface area contributed by atoms with Crippen molar-refractivity contribution in [2.75, 3.05) is 7.11 Å². The number of aromatic carboxylic acids is 1. The Hall–Kier alpha value is -3.15. The molecule has 182 valence electrons. The van der Waals surface area contributed by atoms with Gasteiger partial charge in [0.2, 0.25) is 0 Å². The smallest absolute Gasteiger partial charge is 0.341 e. The molecule has 2 aromatic carbocycles. The number of nitrogens with one attached hydrogen (secondary N) is 1. The van der Waals surface area contributed by atoms with Crippen LogP contribution in [0.3, 0.4) is 0 Å². The molecule has 2 N–H and O–H groups in total. The van der Waals surface area contributed by atoms with Crippen LogP contribution >= 0.6 is 0 Å². The van der Waals surface area contributed by atoms with Crippen molar-refractivity contribution in [3.05, 3.63) is 41.7 Å². The van der Waals surface area contributed by atoms with E-state index in [0.717, 1.165) is 42.0 Å². The number of aromatic amines is 1. The molecular weight excluding hydrogens is 426 g/mol. The normalized spacial score (nSPS) is 14.2. The van der Waals surface area contributed by atoms with Crippen LogP contribution < -0.4 is 4.74 Å². The van der Waals surface area contributed by atoms with Crippen LogP contribution in [0.25, 0.3) is 22.2 Å². The van der Waals surface area contributed by atoms with Gasteiger partial charge in [0, 0.05) is 11.8 Å². The van der Waals surface area contributed by atoms with Gasteiger partial charge in [0.25, 0.3) is 0 Å². The summed E-state index contributed by atoms with van der Waals surface area (Å²) in [6.45, 7) is 6.42. The van der Waals surface area contributed by atoms with Crippen LogP contribution in [0.1, 0.15) is 81.6 Å². The molecular formula is C28H37N3O3. The number of aliphatic imine (C=N–C) groups is 1. The monoisotopic (exact) mass is 463 g/mol. The minimum absolute atomic E-state index is 0.0834. The number of rotatable bonds is 7. The Bertz CT molecular complexity index is 1130. The number of aryl methyl sites for hydroxylation is 1. The van der Waals surface area contributed by atoms with Gasteiger partial charge < -0.3 is 14.8 Å². The molecule has 0 spiro atoms.